The van der Waals surface area contributed by atoms with Crippen LogP contribution < -0.4 is 0 Å². The van der Waals surface area contributed by atoms with Crippen LogP contribution in [0.4, 0.5) is 0 Å². The minimum absolute atomic E-state index is 0.590. The zero-order chi connectivity index (χ0) is 9.14. The van der Waals surface area contributed by atoms with Crippen LogP contribution >= 0.6 is 0 Å². The van der Waals surface area contributed by atoms with Gasteiger partial charge in [-0.25, -0.2) is 4.98 Å². The lowest BCUT2D eigenvalue weighted by Crippen LogP contribution is -2.06. The number of aromatic nitrogens is 2. The standard InChI is InChI=1S/C9H14N2O/c1-4-11-6-10-5-8(11)9(12)7(2)3/h5-6,9,12H,2,4H2,1,3H3. The largest absolute Gasteiger partial charge is 0.382 e. The van der Waals surface area contributed by atoms with Gasteiger partial charge in [0.1, 0.15) is 6.10 Å². The molecule has 1 aromatic rings. The van der Waals surface area contributed by atoms with Gasteiger partial charge in [-0.05, 0) is 19.4 Å². The van der Waals surface area contributed by atoms with Gasteiger partial charge >= 0.3 is 0 Å². The number of aliphatic hydroxyl groups excluding tert-OH is 1. The quantitative estimate of drug-likeness (QED) is 0.691. The molecule has 1 unspecified atom stereocenters. The molecule has 1 rings (SSSR count). The van der Waals surface area contributed by atoms with Crippen molar-refractivity contribution < 1.29 is 5.11 Å². The van der Waals surface area contributed by atoms with E-state index in [1.807, 2.05) is 11.5 Å². The molecule has 0 aliphatic rings. The molecule has 0 aliphatic carbocycles. The topological polar surface area (TPSA) is 38.1 Å². The molecule has 0 spiro atoms. The number of aliphatic hydroxyl groups is 1. The third-order valence-corrected chi connectivity index (χ3v) is 1.83. The molecular formula is C9H14N2O. The van der Waals surface area contributed by atoms with Gasteiger partial charge in [-0.3, -0.25) is 0 Å². The molecule has 0 amide bonds. The first-order valence-corrected chi connectivity index (χ1v) is 4.00. The van der Waals surface area contributed by atoms with Gasteiger partial charge in [0, 0.05) is 6.54 Å². The van der Waals surface area contributed by atoms with E-state index in [2.05, 4.69) is 11.6 Å². The van der Waals surface area contributed by atoms with Gasteiger partial charge in [0.15, 0.2) is 0 Å². The van der Waals surface area contributed by atoms with E-state index in [4.69, 9.17) is 0 Å². The Balaban J connectivity index is 2.93. The summed E-state index contributed by atoms with van der Waals surface area (Å²) in [5, 5.41) is 9.64. The first-order valence-electron chi connectivity index (χ1n) is 4.00. The van der Waals surface area contributed by atoms with Crippen molar-refractivity contribution in [3.8, 4) is 0 Å². The molecule has 3 nitrogen and oxygen atoms in total. The number of aryl methyl sites for hydroxylation is 1. The van der Waals surface area contributed by atoms with E-state index in [1.54, 1.807) is 19.4 Å². The first kappa shape index (κ1) is 9.00. The fourth-order valence-corrected chi connectivity index (χ4v) is 1.08. The van der Waals surface area contributed by atoms with Crippen molar-refractivity contribution in [3.05, 3.63) is 30.4 Å². The fourth-order valence-electron chi connectivity index (χ4n) is 1.08. The van der Waals surface area contributed by atoms with Crippen LogP contribution in [0.25, 0.3) is 0 Å². The Hall–Kier alpha value is -1.09. The van der Waals surface area contributed by atoms with Gasteiger partial charge in [0.05, 0.1) is 18.2 Å². The second-order valence-electron chi connectivity index (χ2n) is 2.85. The molecule has 0 saturated carbocycles. The molecule has 12 heavy (non-hydrogen) atoms. The Morgan fingerprint density at radius 2 is 2.50 bits per heavy atom. The van der Waals surface area contributed by atoms with E-state index in [0.29, 0.717) is 0 Å². The van der Waals surface area contributed by atoms with Crippen molar-refractivity contribution in [2.75, 3.05) is 0 Å². The molecule has 1 heterocycles. The zero-order valence-corrected chi connectivity index (χ0v) is 7.49. The van der Waals surface area contributed by atoms with Crippen molar-refractivity contribution >= 4 is 0 Å². The molecule has 1 atom stereocenters. The minimum atomic E-state index is -0.590. The lowest BCUT2D eigenvalue weighted by Gasteiger charge is -2.11. The summed E-state index contributed by atoms with van der Waals surface area (Å²) >= 11 is 0. The third kappa shape index (κ3) is 1.56. The molecule has 0 fully saturated rings. The van der Waals surface area contributed by atoms with Crippen LogP contribution in [0.2, 0.25) is 0 Å². The Morgan fingerprint density at radius 1 is 1.83 bits per heavy atom. The number of imidazole rings is 1. The van der Waals surface area contributed by atoms with Crippen LogP contribution in [-0.2, 0) is 6.54 Å². The summed E-state index contributed by atoms with van der Waals surface area (Å²) in [6.07, 6.45) is 2.79. The molecular weight excluding hydrogens is 152 g/mol. The van der Waals surface area contributed by atoms with Crippen LogP contribution in [-0.4, -0.2) is 14.7 Å². The van der Waals surface area contributed by atoms with Gasteiger partial charge in [-0.2, -0.15) is 0 Å². The van der Waals surface area contributed by atoms with Crippen LogP contribution in [0.5, 0.6) is 0 Å². The Labute approximate surface area is 72.4 Å². The Kier molecular flexibility index (Phi) is 2.65. The summed E-state index contributed by atoms with van der Waals surface area (Å²) in [5.41, 5.74) is 1.55. The zero-order valence-electron chi connectivity index (χ0n) is 7.49. The van der Waals surface area contributed by atoms with Crippen molar-refractivity contribution in [2.24, 2.45) is 0 Å². The Bertz CT molecular complexity index is 278. The van der Waals surface area contributed by atoms with Crippen LogP contribution in [0.15, 0.2) is 24.7 Å². The van der Waals surface area contributed by atoms with Crippen molar-refractivity contribution in [1.29, 1.82) is 0 Å². The summed E-state index contributed by atoms with van der Waals surface area (Å²) in [7, 11) is 0. The summed E-state index contributed by atoms with van der Waals surface area (Å²) in [4.78, 5) is 3.96. The lowest BCUT2D eigenvalue weighted by molar-refractivity contribution is 0.206. The predicted molar refractivity (Wildman–Crippen MR) is 47.7 cm³/mol. The van der Waals surface area contributed by atoms with Gasteiger partial charge < -0.3 is 9.67 Å². The summed E-state index contributed by atoms with van der Waals surface area (Å²) in [6.45, 7) is 8.33. The molecule has 0 saturated heterocycles. The van der Waals surface area contributed by atoms with E-state index in [1.165, 1.54) is 0 Å². The summed E-state index contributed by atoms with van der Waals surface area (Å²) in [5.74, 6) is 0. The van der Waals surface area contributed by atoms with E-state index in [9.17, 15) is 5.11 Å². The first-order chi connectivity index (χ1) is 5.66. The predicted octanol–water partition coefficient (Wildman–Crippen LogP) is 1.51. The van der Waals surface area contributed by atoms with Gasteiger partial charge in [0.2, 0.25) is 0 Å². The minimum Gasteiger partial charge on any atom is -0.382 e. The highest BCUT2D eigenvalue weighted by molar-refractivity contribution is 5.14. The molecule has 1 N–H and O–H groups in total. The van der Waals surface area contributed by atoms with Crippen LogP contribution in [0, 0.1) is 0 Å². The normalized spacial score (nSPS) is 12.9. The lowest BCUT2D eigenvalue weighted by atomic mass is 10.1. The van der Waals surface area contributed by atoms with Gasteiger partial charge in [-0.15, -0.1) is 0 Å². The third-order valence-electron chi connectivity index (χ3n) is 1.83. The second kappa shape index (κ2) is 3.54. The molecule has 0 aliphatic heterocycles. The number of hydrogen-bond donors (Lipinski definition) is 1. The molecule has 0 bridgehead atoms. The summed E-state index contributed by atoms with van der Waals surface area (Å²) < 4.78 is 1.90. The highest BCUT2D eigenvalue weighted by Gasteiger charge is 2.11. The highest BCUT2D eigenvalue weighted by atomic mass is 16.3. The SMILES string of the molecule is C=C(C)C(O)c1cncn1CC. The van der Waals surface area contributed by atoms with Crippen molar-refractivity contribution in [2.45, 2.75) is 26.5 Å². The number of nitrogens with zero attached hydrogens (tertiary/aromatic N) is 2. The number of hydrogen-bond acceptors (Lipinski definition) is 2. The smallest absolute Gasteiger partial charge is 0.116 e. The maximum Gasteiger partial charge on any atom is 0.116 e. The van der Waals surface area contributed by atoms with Crippen LogP contribution in [0.3, 0.4) is 0 Å². The summed E-state index contributed by atoms with van der Waals surface area (Å²) in [6, 6.07) is 0. The monoisotopic (exact) mass is 166 g/mol. The van der Waals surface area contributed by atoms with Gasteiger partial charge in [-0.1, -0.05) is 6.58 Å². The average Bonchev–Trinajstić information content (AvgIpc) is 2.49. The average molecular weight is 166 g/mol. The fraction of sp³-hybridized carbons (Fsp3) is 0.444. The molecule has 0 radical (unpaired) electrons. The Morgan fingerprint density at radius 3 is 3.00 bits per heavy atom. The number of rotatable bonds is 3. The van der Waals surface area contributed by atoms with E-state index < -0.39 is 6.10 Å². The van der Waals surface area contributed by atoms with Crippen LogP contribution in [0.1, 0.15) is 25.6 Å². The molecule has 1 aromatic heterocycles. The van der Waals surface area contributed by atoms with Gasteiger partial charge in [0.25, 0.3) is 0 Å². The van der Waals surface area contributed by atoms with E-state index >= 15 is 0 Å². The van der Waals surface area contributed by atoms with E-state index in [-0.39, 0.29) is 0 Å². The maximum atomic E-state index is 9.64. The second-order valence-corrected chi connectivity index (χ2v) is 2.85. The van der Waals surface area contributed by atoms with E-state index in [0.717, 1.165) is 17.8 Å². The van der Waals surface area contributed by atoms with Crippen molar-refractivity contribution in [1.82, 2.24) is 9.55 Å². The molecule has 66 valence electrons. The maximum absolute atomic E-state index is 9.64. The highest BCUT2D eigenvalue weighted by Crippen LogP contribution is 2.18. The van der Waals surface area contributed by atoms with Crippen molar-refractivity contribution in [3.63, 3.8) is 0 Å². The molecule has 3 heteroatoms. The molecule has 0 aromatic carbocycles.